The summed E-state index contributed by atoms with van der Waals surface area (Å²) in [5.74, 6) is -2.61. The maximum Gasteiger partial charge on any atom is 0.188 e. The molecule has 19 heavy (non-hydrogen) atoms. The number of hydrogen-bond donors (Lipinski definition) is 0. The predicted octanol–water partition coefficient (Wildman–Crippen LogP) is 4.00. The van der Waals surface area contributed by atoms with Crippen molar-refractivity contribution >= 4 is 11.9 Å². The number of carbonyl (C=O) groups is 1. The van der Waals surface area contributed by atoms with E-state index < -0.39 is 17.4 Å². The lowest BCUT2D eigenvalue weighted by Crippen LogP contribution is -1.99. The topological polar surface area (TPSA) is 17.1 Å². The maximum absolute atomic E-state index is 13.3. The molecule has 0 aliphatic rings. The quantitative estimate of drug-likeness (QED) is 0.603. The van der Waals surface area contributed by atoms with Gasteiger partial charge in [0.05, 0.1) is 5.56 Å². The normalized spacial score (nSPS) is 10.9. The van der Waals surface area contributed by atoms with Gasteiger partial charge in [0.25, 0.3) is 0 Å². The summed E-state index contributed by atoms with van der Waals surface area (Å²) in [4.78, 5) is 11.7. The Morgan fingerprint density at radius 3 is 2.16 bits per heavy atom. The summed E-state index contributed by atoms with van der Waals surface area (Å²) in [7, 11) is 0. The third-order valence-electron chi connectivity index (χ3n) is 2.49. The molecule has 0 spiro atoms. The number of ketones is 1. The summed E-state index contributed by atoms with van der Waals surface area (Å²) in [5, 5.41) is 0. The summed E-state index contributed by atoms with van der Waals surface area (Å²) < 4.78 is 38.7. The molecule has 0 heterocycles. The fourth-order valence-electron chi connectivity index (χ4n) is 1.52. The molecule has 1 nitrogen and oxygen atoms in total. The van der Waals surface area contributed by atoms with Crippen LogP contribution in [0.5, 0.6) is 0 Å². The Hall–Kier alpha value is -2.36. The van der Waals surface area contributed by atoms with E-state index in [9.17, 15) is 18.0 Å². The first-order chi connectivity index (χ1) is 9.06. The van der Waals surface area contributed by atoms with Crippen LogP contribution in [0.2, 0.25) is 0 Å². The highest BCUT2D eigenvalue weighted by molar-refractivity contribution is 6.06. The number of hydrogen-bond acceptors (Lipinski definition) is 1. The summed E-state index contributed by atoms with van der Waals surface area (Å²) >= 11 is 0. The molecular weight excluding hydrogens is 253 g/mol. The Morgan fingerprint density at radius 1 is 0.895 bits per heavy atom. The van der Waals surface area contributed by atoms with Crippen LogP contribution < -0.4 is 0 Å². The molecule has 0 unspecified atom stereocenters. The molecule has 0 amide bonds. The van der Waals surface area contributed by atoms with Gasteiger partial charge in [-0.05, 0) is 35.9 Å². The first-order valence-electron chi connectivity index (χ1n) is 5.49. The molecule has 0 fully saturated rings. The minimum absolute atomic E-state index is 0.209. The van der Waals surface area contributed by atoms with E-state index in [2.05, 4.69) is 0 Å². The largest absolute Gasteiger partial charge is 0.289 e. The highest BCUT2D eigenvalue weighted by Crippen LogP contribution is 2.12. The van der Waals surface area contributed by atoms with E-state index in [0.29, 0.717) is 11.6 Å². The summed E-state index contributed by atoms with van der Waals surface area (Å²) in [5.41, 5.74) is 0.400. The van der Waals surface area contributed by atoms with Crippen molar-refractivity contribution in [2.24, 2.45) is 0 Å². The van der Waals surface area contributed by atoms with Gasteiger partial charge in [0.15, 0.2) is 5.78 Å². The number of halogens is 3. The fraction of sp³-hybridized carbons (Fsp3) is 0. The smallest absolute Gasteiger partial charge is 0.188 e. The Labute approximate surface area is 108 Å². The van der Waals surface area contributed by atoms with E-state index in [0.717, 1.165) is 18.2 Å². The highest BCUT2D eigenvalue weighted by atomic mass is 19.1. The average Bonchev–Trinajstić information content (AvgIpc) is 2.37. The van der Waals surface area contributed by atoms with Crippen LogP contribution >= 0.6 is 0 Å². The molecule has 0 aromatic heterocycles. The minimum atomic E-state index is -0.909. The molecule has 0 saturated heterocycles. The number of rotatable bonds is 3. The number of allylic oxidation sites excluding steroid dienone is 1. The SMILES string of the molecule is O=C(C=Cc1ccc(F)cc1)c1ccc(F)cc1F. The van der Waals surface area contributed by atoms with Gasteiger partial charge in [-0.1, -0.05) is 18.2 Å². The van der Waals surface area contributed by atoms with Crippen LogP contribution in [0, 0.1) is 17.5 Å². The van der Waals surface area contributed by atoms with Gasteiger partial charge in [-0.2, -0.15) is 0 Å². The zero-order valence-corrected chi connectivity index (χ0v) is 9.74. The molecule has 0 N–H and O–H groups in total. The molecule has 0 aliphatic heterocycles. The van der Waals surface area contributed by atoms with Crippen LogP contribution in [-0.4, -0.2) is 5.78 Å². The van der Waals surface area contributed by atoms with E-state index in [1.807, 2.05) is 0 Å². The second-order valence-corrected chi connectivity index (χ2v) is 3.87. The summed E-state index contributed by atoms with van der Waals surface area (Å²) in [6.45, 7) is 0. The van der Waals surface area contributed by atoms with Gasteiger partial charge in [-0.3, -0.25) is 4.79 Å². The zero-order chi connectivity index (χ0) is 13.8. The van der Waals surface area contributed by atoms with E-state index in [1.54, 1.807) is 0 Å². The highest BCUT2D eigenvalue weighted by Gasteiger charge is 2.09. The van der Waals surface area contributed by atoms with Gasteiger partial charge < -0.3 is 0 Å². The van der Waals surface area contributed by atoms with Crippen molar-refractivity contribution in [3.63, 3.8) is 0 Å². The van der Waals surface area contributed by atoms with Crippen LogP contribution in [0.25, 0.3) is 6.08 Å². The predicted molar refractivity (Wildman–Crippen MR) is 66.1 cm³/mol. The molecule has 96 valence electrons. The molecule has 2 aromatic carbocycles. The fourth-order valence-corrected chi connectivity index (χ4v) is 1.52. The third-order valence-corrected chi connectivity index (χ3v) is 2.49. The van der Waals surface area contributed by atoms with Gasteiger partial charge in [0.1, 0.15) is 17.5 Å². The van der Waals surface area contributed by atoms with Crippen molar-refractivity contribution in [1.82, 2.24) is 0 Å². The average molecular weight is 262 g/mol. The number of benzene rings is 2. The maximum atomic E-state index is 13.3. The minimum Gasteiger partial charge on any atom is -0.289 e. The van der Waals surface area contributed by atoms with Crippen LogP contribution in [-0.2, 0) is 0 Å². The lowest BCUT2D eigenvalue weighted by Gasteiger charge is -1.98. The number of carbonyl (C=O) groups excluding carboxylic acids is 1. The Balaban J connectivity index is 2.18. The van der Waals surface area contributed by atoms with Gasteiger partial charge in [-0.25, -0.2) is 13.2 Å². The van der Waals surface area contributed by atoms with E-state index in [-0.39, 0.29) is 11.4 Å². The molecule has 0 radical (unpaired) electrons. The molecule has 0 aliphatic carbocycles. The molecule has 2 rings (SSSR count). The third kappa shape index (κ3) is 3.31. The van der Waals surface area contributed by atoms with Gasteiger partial charge in [-0.15, -0.1) is 0 Å². The molecule has 0 saturated carbocycles. The van der Waals surface area contributed by atoms with Crippen molar-refractivity contribution in [3.05, 3.63) is 77.1 Å². The van der Waals surface area contributed by atoms with Crippen molar-refractivity contribution in [1.29, 1.82) is 0 Å². The van der Waals surface area contributed by atoms with E-state index in [4.69, 9.17) is 0 Å². The van der Waals surface area contributed by atoms with Crippen LogP contribution in [0.1, 0.15) is 15.9 Å². The zero-order valence-electron chi connectivity index (χ0n) is 9.74. The lowest BCUT2D eigenvalue weighted by molar-refractivity contribution is 0.104. The van der Waals surface area contributed by atoms with Crippen LogP contribution in [0.15, 0.2) is 48.5 Å². The van der Waals surface area contributed by atoms with Crippen LogP contribution in [0.4, 0.5) is 13.2 Å². The van der Waals surface area contributed by atoms with Gasteiger partial charge in [0.2, 0.25) is 0 Å². The second-order valence-electron chi connectivity index (χ2n) is 3.87. The first-order valence-corrected chi connectivity index (χ1v) is 5.49. The summed E-state index contributed by atoms with van der Waals surface area (Å²) in [6, 6.07) is 8.23. The molecule has 2 aromatic rings. The monoisotopic (exact) mass is 262 g/mol. The van der Waals surface area contributed by atoms with E-state index in [1.165, 1.54) is 30.3 Å². The molecule has 4 heteroatoms. The molecule has 0 bridgehead atoms. The second kappa shape index (κ2) is 5.52. The molecular formula is C15H9F3O. The van der Waals surface area contributed by atoms with Gasteiger partial charge >= 0.3 is 0 Å². The van der Waals surface area contributed by atoms with Gasteiger partial charge in [0, 0.05) is 6.07 Å². The molecule has 0 atom stereocenters. The Bertz CT molecular complexity index is 630. The Morgan fingerprint density at radius 2 is 1.53 bits per heavy atom. The van der Waals surface area contributed by atoms with Crippen LogP contribution in [0.3, 0.4) is 0 Å². The van der Waals surface area contributed by atoms with Crippen molar-refractivity contribution in [3.8, 4) is 0 Å². The first kappa shape index (κ1) is 13.1. The summed E-state index contributed by atoms with van der Waals surface area (Å²) in [6.07, 6.45) is 2.59. The Kier molecular flexibility index (Phi) is 3.80. The van der Waals surface area contributed by atoms with Crippen molar-refractivity contribution < 1.29 is 18.0 Å². The standard InChI is InChI=1S/C15H9F3O/c16-11-4-1-10(2-5-11)3-8-15(19)13-7-6-12(17)9-14(13)18/h1-9H. The van der Waals surface area contributed by atoms with Crippen molar-refractivity contribution in [2.45, 2.75) is 0 Å². The lowest BCUT2D eigenvalue weighted by atomic mass is 10.1. The van der Waals surface area contributed by atoms with Crippen molar-refractivity contribution in [2.75, 3.05) is 0 Å². The van der Waals surface area contributed by atoms with E-state index >= 15 is 0 Å².